The lowest BCUT2D eigenvalue weighted by molar-refractivity contribution is -0.142. The molecule has 0 radical (unpaired) electrons. The molecular weight excluding hydrogens is 368 g/mol. The van der Waals surface area contributed by atoms with E-state index >= 15 is 0 Å². The molecule has 8 nitrogen and oxygen atoms in total. The molecule has 0 aliphatic heterocycles. The van der Waals surface area contributed by atoms with Gasteiger partial charge in [-0.05, 0) is 18.2 Å². The number of esters is 1. The molecule has 8 heteroatoms. The van der Waals surface area contributed by atoms with Crippen molar-refractivity contribution in [3.63, 3.8) is 0 Å². The van der Waals surface area contributed by atoms with Gasteiger partial charge in [0.25, 0.3) is 0 Å². The number of nitriles is 1. The van der Waals surface area contributed by atoms with Gasteiger partial charge in [0.05, 0.1) is 24.9 Å². The summed E-state index contributed by atoms with van der Waals surface area (Å²) in [6.07, 6.45) is 1.93. The number of nitrogens with two attached hydrogens (primary N) is 1. The van der Waals surface area contributed by atoms with Crippen LogP contribution in [0.4, 0.5) is 0 Å². The highest BCUT2D eigenvalue weighted by Gasteiger charge is 2.22. The molecule has 1 atom stereocenters. The second-order valence-electron chi connectivity index (χ2n) is 6.54. The van der Waals surface area contributed by atoms with Gasteiger partial charge in [-0.1, -0.05) is 30.3 Å². The highest BCUT2D eigenvalue weighted by molar-refractivity contribution is 5.88. The highest BCUT2D eigenvalue weighted by Crippen LogP contribution is 2.27. The minimum atomic E-state index is -0.800. The van der Waals surface area contributed by atoms with Gasteiger partial charge in [0.15, 0.2) is 5.82 Å². The van der Waals surface area contributed by atoms with Crippen LogP contribution in [0.15, 0.2) is 54.7 Å². The average Bonchev–Trinajstić information content (AvgIpc) is 3.38. The molecule has 29 heavy (non-hydrogen) atoms. The molecule has 0 aliphatic rings. The summed E-state index contributed by atoms with van der Waals surface area (Å²) in [5.74, 6) is 0.165. The maximum Gasteiger partial charge on any atom is 0.322 e. The number of fused-ring (bicyclic) bond motifs is 1. The van der Waals surface area contributed by atoms with E-state index in [-0.39, 0.29) is 6.42 Å². The number of ether oxygens (including phenoxy) is 1. The summed E-state index contributed by atoms with van der Waals surface area (Å²) in [6, 6.07) is 16.2. The summed E-state index contributed by atoms with van der Waals surface area (Å²) < 4.78 is 4.76. The van der Waals surface area contributed by atoms with Crippen molar-refractivity contribution < 1.29 is 9.53 Å². The number of aromatic nitrogens is 4. The molecule has 0 saturated carbocycles. The minimum absolute atomic E-state index is 0.278. The monoisotopic (exact) mass is 386 g/mol. The number of nitrogens with one attached hydrogen (secondary N) is 1. The summed E-state index contributed by atoms with van der Waals surface area (Å²) in [7, 11) is 1.32. The molecule has 0 amide bonds. The second kappa shape index (κ2) is 7.58. The molecule has 2 aromatic heterocycles. The van der Waals surface area contributed by atoms with Crippen LogP contribution in [-0.2, 0) is 16.0 Å². The Morgan fingerprint density at radius 2 is 2.03 bits per heavy atom. The average molecular weight is 386 g/mol. The zero-order valence-electron chi connectivity index (χ0n) is 15.7. The minimum Gasteiger partial charge on any atom is -0.468 e. The molecule has 0 bridgehead atoms. The highest BCUT2D eigenvalue weighted by atomic mass is 16.5. The van der Waals surface area contributed by atoms with E-state index in [2.05, 4.69) is 21.3 Å². The van der Waals surface area contributed by atoms with Gasteiger partial charge >= 0.3 is 5.97 Å². The Kier molecular flexibility index (Phi) is 4.81. The van der Waals surface area contributed by atoms with Crippen LogP contribution < -0.4 is 5.73 Å². The Bertz CT molecular complexity index is 1220. The molecule has 0 spiro atoms. The van der Waals surface area contributed by atoms with Crippen LogP contribution in [0, 0.1) is 11.3 Å². The SMILES string of the molecule is COC(=O)[C@@H](N)Cc1c(-n2ncc(-c3ccc(C#N)cc3)n2)[nH]c2ccccc12. The number of hydrogen-bond donors (Lipinski definition) is 2. The molecule has 4 aromatic rings. The van der Waals surface area contributed by atoms with Gasteiger partial charge in [-0.15, -0.1) is 9.90 Å². The fourth-order valence-electron chi connectivity index (χ4n) is 3.24. The maximum absolute atomic E-state index is 11.8. The molecular formula is C21H18N6O2. The van der Waals surface area contributed by atoms with Crippen molar-refractivity contribution >= 4 is 16.9 Å². The Morgan fingerprint density at radius 3 is 2.76 bits per heavy atom. The molecule has 3 N–H and O–H groups in total. The van der Waals surface area contributed by atoms with Crippen molar-refractivity contribution in [2.24, 2.45) is 5.73 Å². The lowest BCUT2D eigenvalue weighted by Gasteiger charge is -2.10. The third kappa shape index (κ3) is 3.47. The van der Waals surface area contributed by atoms with Gasteiger partial charge < -0.3 is 15.5 Å². The quantitative estimate of drug-likeness (QED) is 0.508. The number of para-hydroxylation sites is 1. The molecule has 4 rings (SSSR count). The van der Waals surface area contributed by atoms with Crippen molar-refractivity contribution in [2.75, 3.05) is 7.11 Å². The first-order valence-electron chi connectivity index (χ1n) is 8.97. The van der Waals surface area contributed by atoms with Crippen molar-refractivity contribution in [3.05, 3.63) is 65.9 Å². The topological polar surface area (TPSA) is 123 Å². The zero-order chi connectivity index (χ0) is 20.4. The van der Waals surface area contributed by atoms with Crippen molar-refractivity contribution in [1.29, 1.82) is 5.26 Å². The first kappa shape index (κ1) is 18.4. The summed E-state index contributed by atoms with van der Waals surface area (Å²) in [4.78, 5) is 16.7. The molecule has 2 heterocycles. The molecule has 0 saturated heterocycles. The predicted molar refractivity (Wildman–Crippen MR) is 107 cm³/mol. The third-order valence-electron chi connectivity index (χ3n) is 4.72. The lowest BCUT2D eigenvalue weighted by atomic mass is 10.0. The maximum atomic E-state index is 11.8. The molecule has 0 fully saturated rings. The van der Waals surface area contributed by atoms with Gasteiger partial charge in [-0.3, -0.25) is 4.79 Å². The second-order valence-corrected chi connectivity index (χ2v) is 6.54. The fourth-order valence-corrected chi connectivity index (χ4v) is 3.24. The third-order valence-corrected chi connectivity index (χ3v) is 4.72. The normalized spacial score (nSPS) is 11.9. The number of nitrogens with zero attached hydrogens (tertiary/aromatic N) is 4. The van der Waals surface area contributed by atoms with Crippen molar-refractivity contribution in [2.45, 2.75) is 12.5 Å². The van der Waals surface area contributed by atoms with Crippen LogP contribution in [0.25, 0.3) is 28.0 Å². The predicted octanol–water partition coefficient (Wildman–Crippen LogP) is 2.33. The van der Waals surface area contributed by atoms with Crippen molar-refractivity contribution in [1.82, 2.24) is 20.0 Å². The van der Waals surface area contributed by atoms with E-state index in [0.29, 0.717) is 17.1 Å². The van der Waals surface area contributed by atoms with Crippen molar-refractivity contribution in [3.8, 4) is 23.1 Å². The number of benzene rings is 2. The Morgan fingerprint density at radius 1 is 1.28 bits per heavy atom. The largest absolute Gasteiger partial charge is 0.468 e. The van der Waals surface area contributed by atoms with E-state index in [1.165, 1.54) is 11.9 Å². The summed E-state index contributed by atoms with van der Waals surface area (Å²) in [6.45, 7) is 0. The number of rotatable bonds is 5. The van der Waals surface area contributed by atoms with E-state index in [1.54, 1.807) is 18.3 Å². The van der Waals surface area contributed by atoms with E-state index < -0.39 is 12.0 Å². The Labute approximate surface area is 166 Å². The molecule has 0 unspecified atom stereocenters. The number of hydrogen-bond acceptors (Lipinski definition) is 6. The molecule has 144 valence electrons. The van der Waals surface area contributed by atoms with Crippen LogP contribution in [0.5, 0.6) is 0 Å². The lowest BCUT2D eigenvalue weighted by Crippen LogP contribution is -2.33. The first-order valence-corrected chi connectivity index (χ1v) is 8.97. The van der Waals surface area contributed by atoms with Gasteiger partial charge in [0.2, 0.25) is 0 Å². The number of aromatic amines is 1. The molecule has 2 aromatic carbocycles. The van der Waals surface area contributed by atoms with Crippen LogP contribution >= 0.6 is 0 Å². The smallest absolute Gasteiger partial charge is 0.322 e. The number of carbonyl (C=O) groups is 1. The fraction of sp³-hybridized carbons (Fsp3) is 0.143. The van der Waals surface area contributed by atoms with Crippen LogP contribution in [0.2, 0.25) is 0 Å². The summed E-state index contributed by atoms with van der Waals surface area (Å²) in [5, 5.41) is 18.8. The zero-order valence-corrected chi connectivity index (χ0v) is 15.7. The van der Waals surface area contributed by atoms with Gasteiger partial charge in [0.1, 0.15) is 11.7 Å². The van der Waals surface area contributed by atoms with Gasteiger partial charge in [-0.2, -0.15) is 10.4 Å². The Balaban J connectivity index is 1.75. The van der Waals surface area contributed by atoms with Gasteiger partial charge in [-0.25, -0.2) is 0 Å². The van der Waals surface area contributed by atoms with Crippen LogP contribution in [0.3, 0.4) is 0 Å². The van der Waals surface area contributed by atoms with E-state index in [0.717, 1.165) is 22.0 Å². The molecule has 0 aliphatic carbocycles. The van der Waals surface area contributed by atoms with E-state index in [4.69, 9.17) is 15.7 Å². The first-order chi connectivity index (χ1) is 14.1. The Hall–Kier alpha value is -3.96. The van der Waals surface area contributed by atoms with E-state index in [9.17, 15) is 4.79 Å². The number of H-pyrrole nitrogens is 1. The van der Waals surface area contributed by atoms with E-state index in [1.807, 2.05) is 36.4 Å². The summed E-state index contributed by atoms with van der Waals surface area (Å²) >= 11 is 0. The summed E-state index contributed by atoms with van der Waals surface area (Å²) in [5.41, 5.74) is 9.83. The standard InChI is InChI=1S/C21H18N6O2/c1-29-21(28)17(23)10-16-15-4-2-3-5-18(15)25-20(16)27-24-12-19(26-27)14-8-6-13(11-22)7-9-14/h2-9,12,17,25H,10,23H2,1H3/t17-/m0/s1. The van der Waals surface area contributed by atoms with Gasteiger partial charge in [0, 0.05) is 28.5 Å². The van der Waals surface area contributed by atoms with Crippen LogP contribution in [0.1, 0.15) is 11.1 Å². The van der Waals surface area contributed by atoms with Crippen LogP contribution in [-0.4, -0.2) is 39.1 Å². The number of methoxy groups -OCH3 is 1. The number of carbonyl (C=O) groups excluding carboxylic acids is 1.